The SMILES string of the molecule is CC/C=C(\CC)N=[N+]=[N-]. The first-order valence-electron chi connectivity index (χ1n) is 3.09. The van der Waals surface area contributed by atoms with Crippen LogP contribution < -0.4 is 0 Å². The van der Waals surface area contributed by atoms with E-state index in [9.17, 15) is 0 Å². The van der Waals surface area contributed by atoms with Crippen LogP contribution in [-0.2, 0) is 0 Å². The lowest BCUT2D eigenvalue weighted by Gasteiger charge is -1.89. The summed E-state index contributed by atoms with van der Waals surface area (Å²) in [6.07, 6.45) is 3.68. The minimum atomic E-state index is 0.817. The van der Waals surface area contributed by atoms with Crippen LogP contribution in [0.1, 0.15) is 26.7 Å². The second-order valence-corrected chi connectivity index (χ2v) is 1.65. The zero-order chi connectivity index (χ0) is 7.11. The summed E-state index contributed by atoms with van der Waals surface area (Å²) in [5.41, 5.74) is 8.85. The highest BCUT2D eigenvalue weighted by atomic mass is 15.1. The number of rotatable bonds is 3. The molecule has 0 saturated heterocycles. The first kappa shape index (κ1) is 8.05. The Labute approximate surface area is 55.0 Å². The maximum Gasteiger partial charge on any atom is 0.0108 e. The Kier molecular flexibility index (Phi) is 4.64. The normalized spacial score (nSPS) is 10.7. The Bertz CT molecular complexity index is 142. The maximum absolute atomic E-state index is 8.01. The molecule has 0 bridgehead atoms. The topological polar surface area (TPSA) is 48.8 Å². The van der Waals surface area contributed by atoms with Crippen molar-refractivity contribution < 1.29 is 0 Å². The van der Waals surface area contributed by atoms with Crippen molar-refractivity contribution in [1.82, 2.24) is 0 Å². The van der Waals surface area contributed by atoms with Gasteiger partial charge < -0.3 is 0 Å². The van der Waals surface area contributed by atoms with E-state index < -0.39 is 0 Å². The van der Waals surface area contributed by atoms with Gasteiger partial charge in [0.05, 0.1) is 0 Å². The molecule has 0 spiro atoms. The predicted octanol–water partition coefficient (Wildman–Crippen LogP) is 3.00. The smallest absolute Gasteiger partial charge is 0.0108 e. The molecular formula is C6H11N3. The monoisotopic (exact) mass is 125 g/mol. The van der Waals surface area contributed by atoms with Crippen molar-refractivity contribution in [2.45, 2.75) is 26.7 Å². The lowest BCUT2D eigenvalue weighted by molar-refractivity contribution is 1.02. The van der Waals surface area contributed by atoms with Crippen molar-refractivity contribution in [2.75, 3.05) is 0 Å². The second-order valence-electron chi connectivity index (χ2n) is 1.65. The van der Waals surface area contributed by atoms with Crippen LogP contribution in [0.2, 0.25) is 0 Å². The third-order valence-corrected chi connectivity index (χ3v) is 0.975. The van der Waals surface area contributed by atoms with Crippen molar-refractivity contribution in [1.29, 1.82) is 0 Å². The van der Waals surface area contributed by atoms with Gasteiger partial charge in [-0.25, -0.2) is 0 Å². The molecule has 0 radical (unpaired) electrons. The van der Waals surface area contributed by atoms with E-state index in [4.69, 9.17) is 5.53 Å². The summed E-state index contributed by atoms with van der Waals surface area (Å²) < 4.78 is 0. The highest BCUT2D eigenvalue weighted by Gasteiger charge is 1.83. The summed E-state index contributed by atoms with van der Waals surface area (Å²) in [7, 11) is 0. The van der Waals surface area contributed by atoms with Crippen LogP contribution in [0.25, 0.3) is 10.4 Å². The van der Waals surface area contributed by atoms with E-state index in [-0.39, 0.29) is 0 Å². The van der Waals surface area contributed by atoms with E-state index in [1.165, 1.54) is 0 Å². The van der Waals surface area contributed by atoms with Crippen LogP contribution >= 0.6 is 0 Å². The molecule has 0 amide bonds. The van der Waals surface area contributed by atoms with Gasteiger partial charge in [0.15, 0.2) is 0 Å². The van der Waals surface area contributed by atoms with Crippen LogP contribution in [0.15, 0.2) is 16.9 Å². The summed E-state index contributed by atoms with van der Waals surface area (Å²) >= 11 is 0. The molecule has 0 aliphatic rings. The molecule has 50 valence electrons. The van der Waals surface area contributed by atoms with E-state index in [2.05, 4.69) is 10.0 Å². The second kappa shape index (κ2) is 5.19. The molecule has 0 atom stereocenters. The van der Waals surface area contributed by atoms with Gasteiger partial charge in [-0.05, 0) is 18.4 Å². The molecule has 3 nitrogen and oxygen atoms in total. The Morgan fingerprint density at radius 1 is 1.67 bits per heavy atom. The Morgan fingerprint density at radius 2 is 2.33 bits per heavy atom. The summed E-state index contributed by atoms with van der Waals surface area (Å²) in [6, 6.07) is 0. The minimum Gasteiger partial charge on any atom is -0.0793 e. The quantitative estimate of drug-likeness (QED) is 0.316. The van der Waals surface area contributed by atoms with Crippen LogP contribution in [-0.4, -0.2) is 0 Å². The van der Waals surface area contributed by atoms with Gasteiger partial charge in [0.2, 0.25) is 0 Å². The zero-order valence-electron chi connectivity index (χ0n) is 5.83. The largest absolute Gasteiger partial charge is 0.0793 e. The van der Waals surface area contributed by atoms with Crippen LogP contribution in [0, 0.1) is 0 Å². The highest BCUT2D eigenvalue weighted by Crippen LogP contribution is 2.02. The molecule has 0 rings (SSSR count). The summed E-state index contributed by atoms with van der Waals surface area (Å²) in [6.45, 7) is 3.98. The van der Waals surface area contributed by atoms with Gasteiger partial charge in [-0.3, -0.25) is 0 Å². The lowest BCUT2D eigenvalue weighted by Crippen LogP contribution is -1.70. The molecule has 0 N–H and O–H groups in total. The first-order chi connectivity index (χ1) is 4.35. The van der Waals surface area contributed by atoms with Crippen molar-refractivity contribution >= 4 is 0 Å². The fourth-order valence-electron chi connectivity index (χ4n) is 0.549. The Hall–Kier alpha value is -0.950. The molecular weight excluding hydrogens is 114 g/mol. The van der Waals surface area contributed by atoms with E-state index in [0.717, 1.165) is 18.5 Å². The molecule has 0 aromatic rings. The number of nitrogens with zero attached hydrogens (tertiary/aromatic N) is 3. The maximum atomic E-state index is 8.01. The fourth-order valence-corrected chi connectivity index (χ4v) is 0.549. The Morgan fingerprint density at radius 3 is 2.67 bits per heavy atom. The number of allylic oxidation sites excluding steroid dienone is 2. The molecule has 0 aromatic heterocycles. The van der Waals surface area contributed by atoms with Gasteiger partial charge in [-0.2, -0.15) is 0 Å². The van der Waals surface area contributed by atoms with Gasteiger partial charge in [-0.1, -0.05) is 25.0 Å². The standard InChI is InChI=1S/C6H11N3/c1-3-5-6(4-2)8-9-7/h5H,3-4H2,1-2H3/b6-5+. The molecule has 0 heterocycles. The van der Waals surface area contributed by atoms with E-state index in [0.29, 0.717) is 0 Å². The average Bonchev–Trinajstić information content (AvgIpc) is 1.88. The van der Waals surface area contributed by atoms with Crippen LogP contribution in [0.4, 0.5) is 0 Å². The van der Waals surface area contributed by atoms with Gasteiger partial charge in [0, 0.05) is 10.6 Å². The van der Waals surface area contributed by atoms with Gasteiger partial charge in [0.25, 0.3) is 0 Å². The fraction of sp³-hybridized carbons (Fsp3) is 0.667. The van der Waals surface area contributed by atoms with E-state index in [1.807, 2.05) is 19.9 Å². The molecule has 3 heteroatoms. The van der Waals surface area contributed by atoms with Gasteiger partial charge >= 0.3 is 0 Å². The summed E-state index contributed by atoms with van der Waals surface area (Å²) in [5, 5.41) is 3.47. The lowest BCUT2D eigenvalue weighted by atomic mass is 10.3. The number of hydrogen-bond acceptors (Lipinski definition) is 1. The van der Waals surface area contributed by atoms with Gasteiger partial charge in [0.1, 0.15) is 0 Å². The average molecular weight is 125 g/mol. The third-order valence-electron chi connectivity index (χ3n) is 0.975. The van der Waals surface area contributed by atoms with Crippen molar-refractivity contribution in [3.8, 4) is 0 Å². The molecule has 0 aromatic carbocycles. The molecule has 0 fully saturated rings. The van der Waals surface area contributed by atoms with Crippen LogP contribution in [0.5, 0.6) is 0 Å². The van der Waals surface area contributed by atoms with Crippen molar-refractivity contribution in [3.05, 3.63) is 22.2 Å². The van der Waals surface area contributed by atoms with E-state index >= 15 is 0 Å². The molecule has 0 saturated carbocycles. The predicted molar refractivity (Wildman–Crippen MR) is 37.8 cm³/mol. The van der Waals surface area contributed by atoms with Crippen LogP contribution in [0.3, 0.4) is 0 Å². The highest BCUT2D eigenvalue weighted by molar-refractivity contribution is 4.98. The minimum absolute atomic E-state index is 0.817. The molecule has 0 unspecified atom stereocenters. The van der Waals surface area contributed by atoms with Gasteiger partial charge in [-0.15, -0.1) is 0 Å². The number of hydrogen-bond donors (Lipinski definition) is 0. The van der Waals surface area contributed by atoms with E-state index in [1.54, 1.807) is 0 Å². The number of azide groups is 1. The summed E-state index contributed by atoms with van der Waals surface area (Å²) in [5.74, 6) is 0. The zero-order valence-corrected chi connectivity index (χ0v) is 5.83. The van der Waals surface area contributed by atoms with Crippen molar-refractivity contribution in [2.24, 2.45) is 5.11 Å². The Balaban J connectivity index is 3.97. The van der Waals surface area contributed by atoms with Crippen molar-refractivity contribution in [3.63, 3.8) is 0 Å². The molecule has 0 aliphatic carbocycles. The third kappa shape index (κ3) is 3.62. The summed E-state index contributed by atoms with van der Waals surface area (Å²) in [4.78, 5) is 2.68. The first-order valence-corrected chi connectivity index (χ1v) is 3.09. The molecule has 9 heavy (non-hydrogen) atoms. The molecule has 0 aliphatic heterocycles.